The van der Waals surface area contributed by atoms with Crippen molar-refractivity contribution in [2.45, 2.75) is 57.2 Å². The van der Waals surface area contributed by atoms with E-state index in [1.54, 1.807) is 13.8 Å². The highest BCUT2D eigenvalue weighted by Gasteiger charge is 2.59. The van der Waals surface area contributed by atoms with Crippen LogP contribution in [0.5, 0.6) is 0 Å². The van der Waals surface area contributed by atoms with E-state index in [1.807, 2.05) is 0 Å². The number of allylic oxidation sites excluding steroid dienone is 1. The maximum Gasteiger partial charge on any atom is 0.254 e. The molecule has 2 aliphatic rings. The number of aliphatic hydroxyl groups is 3. The molecular weight excluding hydrogens is 260 g/mol. The number of carbonyl (C=O) groups is 1. The summed E-state index contributed by atoms with van der Waals surface area (Å²) in [6, 6.07) is 0. The molecule has 2 fully saturated rings. The van der Waals surface area contributed by atoms with Gasteiger partial charge in [-0.3, -0.25) is 4.79 Å². The molecule has 0 aromatic heterocycles. The monoisotopic (exact) mass is 282 g/mol. The van der Waals surface area contributed by atoms with Crippen LogP contribution in [0, 0.1) is 5.92 Å². The van der Waals surface area contributed by atoms with Gasteiger partial charge in [-0.25, -0.2) is 0 Å². The van der Waals surface area contributed by atoms with Gasteiger partial charge in [0.05, 0.1) is 11.7 Å². The predicted octanol–water partition coefficient (Wildman–Crippen LogP) is 0.687. The Hall–Kier alpha value is -1.01. The molecule has 0 aromatic rings. The van der Waals surface area contributed by atoms with Crippen molar-refractivity contribution in [2.75, 3.05) is 0 Å². The molecule has 1 heterocycles. The third-order valence-electron chi connectivity index (χ3n) is 4.25. The summed E-state index contributed by atoms with van der Waals surface area (Å²) >= 11 is 0. The van der Waals surface area contributed by atoms with E-state index in [4.69, 9.17) is 4.74 Å². The smallest absolute Gasteiger partial charge is 0.254 e. The first-order chi connectivity index (χ1) is 9.09. The maximum absolute atomic E-state index is 12.1. The summed E-state index contributed by atoms with van der Waals surface area (Å²) in [6.07, 6.45) is 0.201. The van der Waals surface area contributed by atoms with Crippen molar-refractivity contribution in [3.05, 3.63) is 23.8 Å². The number of rotatable bonds is 2. The van der Waals surface area contributed by atoms with Crippen LogP contribution in [0.2, 0.25) is 0 Å². The van der Waals surface area contributed by atoms with Gasteiger partial charge in [-0.2, -0.15) is 0 Å². The van der Waals surface area contributed by atoms with Gasteiger partial charge < -0.3 is 20.1 Å². The Balaban J connectivity index is 2.32. The van der Waals surface area contributed by atoms with Crippen molar-refractivity contribution in [1.29, 1.82) is 0 Å². The third-order valence-corrected chi connectivity index (χ3v) is 4.25. The quantitative estimate of drug-likeness (QED) is 0.512. The highest BCUT2D eigenvalue weighted by atomic mass is 16.6. The molecule has 5 nitrogen and oxygen atoms in total. The largest absolute Gasteiger partial charge is 0.387 e. The summed E-state index contributed by atoms with van der Waals surface area (Å²) in [4.78, 5) is 12.1. The first-order valence-electron chi connectivity index (χ1n) is 6.79. The number of ketones is 1. The summed E-state index contributed by atoms with van der Waals surface area (Å²) < 4.78 is 5.43. The van der Waals surface area contributed by atoms with E-state index in [9.17, 15) is 20.1 Å². The highest BCUT2D eigenvalue weighted by Crippen LogP contribution is 2.48. The normalized spacial score (nSPS) is 44.1. The first kappa shape index (κ1) is 15.4. The number of aliphatic hydroxyl groups excluding tert-OH is 1. The zero-order valence-electron chi connectivity index (χ0n) is 12.1. The Labute approximate surface area is 118 Å². The molecule has 1 saturated carbocycles. The molecular formula is C15H22O5. The van der Waals surface area contributed by atoms with E-state index in [0.29, 0.717) is 12.8 Å². The van der Waals surface area contributed by atoms with Crippen molar-refractivity contribution < 1.29 is 24.9 Å². The average Bonchev–Trinajstić information content (AvgIpc) is 2.59. The molecule has 0 radical (unpaired) electrons. The maximum atomic E-state index is 12.1. The fourth-order valence-corrected chi connectivity index (χ4v) is 2.95. The van der Waals surface area contributed by atoms with Crippen molar-refractivity contribution >= 4 is 5.78 Å². The number of hydrogen-bond donors (Lipinski definition) is 3. The van der Waals surface area contributed by atoms with Crippen LogP contribution in [0.3, 0.4) is 0 Å². The molecule has 5 unspecified atom stereocenters. The number of ether oxygens (including phenoxy) is 1. The van der Waals surface area contributed by atoms with E-state index < -0.39 is 29.4 Å². The lowest BCUT2D eigenvalue weighted by atomic mass is 9.73. The van der Waals surface area contributed by atoms with E-state index in [2.05, 4.69) is 6.58 Å². The lowest BCUT2D eigenvalue weighted by molar-refractivity contribution is -0.220. The van der Waals surface area contributed by atoms with Crippen LogP contribution in [-0.4, -0.2) is 44.7 Å². The molecule has 0 aromatic carbocycles. The minimum atomic E-state index is -2.10. The van der Waals surface area contributed by atoms with Gasteiger partial charge in [0.15, 0.2) is 0 Å². The Bertz CT molecular complexity index is 475. The second-order valence-electron chi connectivity index (χ2n) is 6.28. The first-order valence-corrected chi connectivity index (χ1v) is 6.79. The molecule has 5 heteroatoms. The SMILES string of the molecule is C=C1C2CCC(C)(O)C(O)C2OC1(O)C(=O)C=C(C)C. The summed E-state index contributed by atoms with van der Waals surface area (Å²) in [5, 5.41) is 30.7. The molecule has 0 spiro atoms. The minimum Gasteiger partial charge on any atom is -0.387 e. The van der Waals surface area contributed by atoms with E-state index in [-0.39, 0.29) is 11.5 Å². The standard InChI is InChI=1S/C15H22O5/c1-8(2)7-11(16)15(19)9(3)10-5-6-14(4,18)13(17)12(10)20-15/h7,10,12-13,17-19H,3,5-6H2,1-2,4H3. The molecule has 0 amide bonds. The molecule has 3 N–H and O–H groups in total. The lowest BCUT2D eigenvalue weighted by Crippen LogP contribution is -2.53. The fraction of sp³-hybridized carbons (Fsp3) is 0.667. The number of carbonyl (C=O) groups excluding carboxylic acids is 1. The average molecular weight is 282 g/mol. The fourth-order valence-electron chi connectivity index (χ4n) is 2.95. The molecule has 5 atom stereocenters. The van der Waals surface area contributed by atoms with Crippen molar-refractivity contribution in [2.24, 2.45) is 5.92 Å². The van der Waals surface area contributed by atoms with Crippen molar-refractivity contribution in [3.63, 3.8) is 0 Å². The van der Waals surface area contributed by atoms with Gasteiger partial charge in [-0.1, -0.05) is 12.2 Å². The van der Waals surface area contributed by atoms with Gasteiger partial charge in [-0.15, -0.1) is 0 Å². The molecule has 1 aliphatic carbocycles. The van der Waals surface area contributed by atoms with E-state index in [0.717, 1.165) is 5.57 Å². The van der Waals surface area contributed by atoms with Gasteiger partial charge in [0.2, 0.25) is 5.78 Å². The number of hydrogen-bond acceptors (Lipinski definition) is 5. The summed E-state index contributed by atoms with van der Waals surface area (Å²) in [6.45, 7) is 8.79. The molecule has 112 valence electrons. The van der Waals surface area contributed by atoms with Gasteiger partial charge in [0, 0.05) is 5.92 Å². The molecule has 0 bridgehead atoms. The zero-order chi connectivity index (χ0) is 15.3. The van der Waals surface area contributed by atoms with Crippen LogP contribution in [0.25, 0.3) is 0 Å². The Morgan fingerprint density at radius 3 is 2.60 bits per heavy atom. The number of fused-ring (bicyclic) bond motifs is 1. The second kappa shape index (κ2) is 4.77. The topological polar surface area (TPSA) is 87.0 Å². The Morgan fingerprint density at radius 2 is 2.05 bits per heavy atom. The lowest BCUT2D eigenvalue weighted by Gasteiger charge is -2.40. The Morgan fingerprint density at radius 1 is 1.45 bits per heavy atom. The minimum absolute atomic E-state index is 0.263. The molecule has 2 rings (SSSR count). The highest BCUT2D eigenvalue weighted by molar-refractivity contribution is 5.99. The summed E-state index contributed by atoms with van der Waals surface area (Å²) in [7, 11) is 0. The second-order valence-corrected chi connectivity index (χ2v) is 6.28. The third kappa shape index (κ3) is 2.24. The molecule has 20 heavy (non-hydrogen) atoms. The van der Waals surface area contributed by atoms with Crippen LogP contribution in [0.1, 0.15) is 33.6 Å². The summed E-state index contributed by atoms with van der Waals surface area (Å²) in [5.41, 5.74) is -0.284. The zero-order valence-corrected chi connectivity index (χ0v) is 12.1. The van der Waals surface area contributed by atoms with Gasteiger partial charge in [0.1, 0.15) is 6.10 Å². The van der Waals surface area contributed by atoms with E-state index >= 15 is 0 Å². The van der Waals surface area contributed by atoms with Crippen LogP contribution < -0.4 is 0 Å². The molecule has 1 aliphatic heterocycles. The Kier molecular flexibility index (Phi) is 3.67. The van der Waals surface area contributed by atoms with Crippen LogP contribution in [0.4, 0.5) is 0 Å². The van der Waals surface area contributed by atoms with Crippen molar-refractivity contribution in [3.8, 4) is 0 Å². The van der Waals surface area contributed by atoms with Gasteiger partial charge in [0.25, 0.3) is 5.79 Å². The van der Waals surface area contributed by atoms with E-state index in [1.165, 1.54) is 13.0 Å². The van der Waals surface area contributed by atoms with Gasteiger partial charge >= 0.3 is 0 Å². The van der Waals surface area contributed by atoms with Crippen LogP contribution >= 0.6 is 0 Å². The van der Waals surface area contributed by atoms with Crippen LogP contribution in [0.15, 0.2) is 23.8 Å². The predicted molar refractivity (Wildman–Crippen MR) is 72.8 cm³/mol. The molecule has 1 saturated heterocycles. The van der Waals surface area contributed by atoms with Crippen LogP contribution in [-0.2, 0) is 9.53 Å². The summed E-state index contributed by atoms with van der Waals surface area (Å²) in [5.74, 6) is -3.03. The van der Waals surface area contributed by atoms with Crippen molar-refractivity contribution in [1.82, 2.24) is 0 Å². The van der Waals surface area contributed by atoms with Gasteiger partial charge in [-0.05, 0) is 45.3 Å².